The van der Waals surface area contributed by atoms with Crippen LogP contribution in [-0.4, -0.2) is 0 Å². The van der Waals surface area contributed by atoms with E-state index >= 15 is 0 Å². The maximum atomic E-state index is 2.81. The van der Waals surface area contributed by atoms with Crippen LogP contribution in [-0.2, 0) is 16.2 Å². The molecule has 520 valence electrons. The minimum atomic E-state index is 0.104. The van der Waals surface area contributed by atoms with E-state index in [1.54, 1.807) is 0 Å². The van der Waals surface area contributed by atoms with Crippen molar-refractivity contribution in [2.75, 3.05) is 9.80 Å². The lowest BCUT2D eigenvalue weighted by molar-refractivity contribution is 0.328. The molecule has 4 atom stereocenters. The van der Waals surface area contributed by atoms with Crippen LogP contribution < -0.4 is 9.80 Å². The highest BCUT2D eigenvalue weighted by molar-refractivity contribution is 5.86. The largest absolute Gasteiger partial charge is 0.311 e. The first-order valence-electron chi connectivity index (χ1n) is 38.6. The highest BCUT2D eigenvalue weighted by atomic mass is 15.2. The highest BCUT2D eigenvalue weighted by Gasteiger charge is 2.35. The van der Waals surface area contributed by atoms with Gasteiger partial charge in [0.15, 0.2) is 0 Å². The normalized spacial score (nSPS) is 17.5. The molecule has 8 aromatic rings. The second-order valence-electron chi connectivity index (χ2n) is 33.0. The quantitative estimate of drug-likeness (QED) is 0.0499. The number of hydrogen-bond donors (Lipinski definition) is 0. The van der Waals surface area contributed by atoms with Gasteiger partial charge in [0, 0.05) is 40.1 Å². The first-order chi connectivity index (χ1) is 48.0. The van der Waals surface area contributed by atoms with Gasteiger partial charge in [-0.15, -0.1) is 0 Å². The average molecular weight is 1320 g/mol. The Kier molecular flexibility index (Phi) is 23.2. The topological polar surface area (TPSA) is 6.48 Å². The Labute approximate surface area is 605 Å². The van der Waals surface area contributed by atoms with Crippen LogP contribution in [0.1, 0.15) is 233 Å². The highest BCUT2D eigenvalue weighted by Crippen LogP contribution is 2.49. The molecule has 0 amide bonds. The van der Waals surface area contributed by atoms with Gasteiger partial charge in [0.2, 0.25) is 0 Å². The summed E-state index contributed by atoms with van der Waals surface area (Å²) in [6.45, 7) is 37.3. The molecule has 0 radical (unpaired) electrons. The molecule has 0 saturated carbocycles. The number of nitrogens with zero attached hydrogens (tertiary/aromatic N) is 2. The summed E-state index contributed by atoms with van der Waals surface area (Å²) in [6.07, 6.45) is 34.6. The van der Waals surface area contributed by atoms with Gasteiger partial charge in [-0.1, -0.05) is 311 Å². The third kappa shape index (κ3) is 17.0. The van der Waals surface area contributed by atoms with E-state index in [4.69, 9.17) is 0 Å². The summed E-state index contributed by atoms with van der Waals surface area (Å²) in [5.74, 6) is 1.59. The van der Waals surface area contributed by atoms with Crippen LogP contribution in [0.15, 0.2) is 253 Å². The van der Waals surface area contributed by atoms with Gasteiger partial charge in [-0.05, 0) is 248 Å². The van der Waals surface area contributed by atoms with Crippen molar-refractivity contribution in [1.29, 1.82) is 0 Å². The first-order valence-corrected chi connectivity index (χ1v) is 38.6. The van der Waals surface area contributed by atoms with Crippen molar-refractivity contribution >= 4 is 34.0 Å². The number of unbranched alkanes of at least 4 members (excludes halogenated alkanes) is 6. The molecule has 8 aromatic carbocycles. The molecule has 0 heterocycles. The molecule has 3 aliphatic carbocycles. The summed E-state index contributed by atoms with van der Waals surface area (Å²) >= 11 is 0. The molecule has 0 bridgehead atoms. The third-order valence-electron chi connectivity index (χ3n) is 23.1. The number of benzene rings is 8. The molecular formula is C98H118N2. The van der Waals surface area contributed by atoms with Crippen LogP contribution in [0.3, 0.4) is 0 Å². The van der Waals surface area contributed by atoms with Crippen molar-refractivity contribution in [3.05, 3.63) is 286 Å². The molecule has 11 rings (SSSR count). The molecule has 0 aliphatic heterocycles. The number of anilines is 5. The van der Waals surface area contributed by atoms with Crippen LogP contribution in [0.4, 0.5) is 28.4 Å². The molecule has 0 N–H and O–H groups in total. The molecule has 0 saturated heterocycles. The number of allylic oxidation sites excluding steroid dienone is 11. The minimum absolute atomic E-state index is 0.104. The minimum Gasteiger partial charge on any atom is -0.311 e. The zero-order valence-corrected chi connectivity index (χ0v) is 64.0. The molecule has 100 heavy (non-hydrogen) atoms. The van der Waals surface area contributed by atoms with Gasteiger partial charge >= 0.3 is 0 Å². The van der Waals surface area contributed by atoms with Crippen LogP contribution in [0.2, 0.25) is 0 Å². The smallest absolute Gasteiger partial charge is 0.0464 e. The second kappa shape index (κ2) is 31.8. The van der Waals surface area contributed by atoms with Crippen LogP contribution >= 0.6 is 0 Å². The van der Waals surface area contributed by atoms with E-state index in [2.05, 4.69) is 351 Å². The molecule has 0 aromatic heterocycles. The lowest BCUT2D eigenvalue weighted by Crippen LogP contribution is -2.28. The zero-order chi connectivity index (χ0) is 70.9. The maximum absolute atomic E-state index is 2.81. The molecular weight excluding hydrogens is 1210 g/mol. The van der Waals surface area contributed by atoms with E-state index in [9.17, 15) is 0 Å². The van der Waals surface area contributed by atoms with Crippen molar-refractivity contribution < 1.29 is 0 Å². The molecule has 2 nitrogen and oxygen atoms in total. The van der Waals surface area contributed by atoms with E-state index in [1.807, 2.05) is 0 Å². The zero-order valence-electron chi connectivity index (χ0n) is 64.0. The first kappa shape index (κ1) is 73.0. The third-order valence-corrected chi connectivity index (χ3v) is 23.1. The van der Waals surface area contributed by atoms with Crippen molar-refractivity contribution in [1.82, 2.24) is 0 Å². The summed E-state index contributed by atoms with van der Waals surface area (Å²) in [6, 6.07) is 72.4. The van der Waals surface area contributed by atoms with E-state index in [0.29, 0.717) is 23.7 Å². The molecule has 4 unspecified atom stereocenters. The summed E-state index contributed by atoms with van der Waals surface area (Å²) < 4.78 is 0. The Morgan fingerprint density at radius 2 is 0.870 bits per heavy atom. The molecule has 3 aliphatic rings. The summed E-state index contributed by atoms with van der Waals surface area (Å²) in [5.41, 5.74) is 29.2. The fourth-order valence-electron chi connectivity index (χ4n) is 15.5. The monoisotopic (exact) mass is 1320 g/mol. The van der Waals surface area contributed by atoms with Gasteiger partial charge < -0.3 is 9.80 Å². The van der Waals surface area contributed by atoms with Gasteiger partial charge in [0.1, 0.15) is 0 Å². The van der Waals surface area contributed by atoms with E-state index < -0.39 is 0 Å². The van der Waals surface area contributed by atoms with Gasteiger partial charge in [0.05, 0.1) is 0 Å². The fraction of sp³-hybridized carbons (Fsp3) is 0.388. The number of aryl methyl sites for hydroxylation is 1. The van der Waals surface area contributed by atoms with Crippen molar-refractivity contribution in [3.63, 3.8) is 0 Å². The standard InChI is InChI=1S/C98H118N2/c1-17-21-23-25-27-79-67-94(92-64-62-90(66-70(92)6)100(86-55-39-76(40-56-86)72-31-47-82(48-32-72)96(10,11)12)88-59-43-78(44-60-88)74-35-51-84(52-36-74)98(15,16)20-4)80(28-26-24-22-18-2)68-93(79)91-63-61-89(65-69(91)5)99(85-53-37-75(38-54-85)71-29-45-81(46-30-71)95(7,8)9)87-57-41-77(42-58-87)73-33-49-83(50-34-73)97(13,14)19-3/h29-35,37-63,65-68,74,80,92,94H,17-28,36,64H2,1-16H3. The molecule has 2 heteroatoms. The lowest BCUT2D eigenvalue weighted by atomic mass is 9.67. The summed E-state index contributed by atoms with van der Waals surface area (Å²) in [7, 11) is 0. The predicted molar refractivity (Wildman–Crippen MR) is 437 cm³/mol. The number of rotatable bonds is 26. The lowest BCUT2D eigenvalue weighted by Gasteiger charge is -2.38. The van der Waals surface area contributed by atoms with Gasteiger partial charge in [-0.2, -0.15) is 0 Å². The van der Waals surface area contributed by atoms with Gasteiger partial charge in [0.25, 0.3) is 0 Å². The Balaban J connectivity index is 0.927. The number of hydrogen-bond acceptors (Lipinski definition) is 2. The van der Waals surface area contributed by atoms with E-state index in [0.717, 1.165) is 43.5 Å². The Morgan fingerprint density at radius 1 is 0.420 bits per heavy atom. The second-order valence-corrected chi connectivity index (χ2v) is 33.0. The SMILES string of the molecule is CCCCCCC1=CC(C2CC=C(N(c3ccc(-c4ccc(C(C)(C)C)cc4)cc3)c3ccc(C4C=CC(C(C)(C)CC)=CC4)cc3)C=C2C)C(CCCCCC)C=C1c1ccc(N(c2ccc(-c3ccc(C(C)(C)C)cc3)cc2)c2ccc(-c3ccc(C(C)(C)CC)cc3)cc2)cc1C. The average Bonchev–Trinajstić information content (AvgIpc) is 0.768. The predicted octanol–water partition coefficient (Wildman–Crippen LogP) is 29.3. The van der Waals surface area contributed by atoms with Crippen molar-refractivity contribution in [2.45, 2.75) is 223 Å². The van der Waals surface area contributed by atoms with Crippen molar-refractivity contribution in [2.24, 2.45) is 23.2 Å². The fourth-order valence-corrected chi connectivity index (χ4v) is 15.5. The Bertz CT molecular complexity index is 4220. The van der Waals surface area contributed by atoms with Crippen molar-refractivity contribution in [3.8, 4) is 33.4 Å². The summed E-state index contributed by atoms with van der Waals surface area (Å²) in [4.78, 5) is 5.00. The van der Waals surface area contributed by atoms with Crippen LogP contribution in [0, 0.1) is 30.1 Å². The van der Waals surface area contributed by atoms with E-state index in [-0.39, 0.29) is 21.7 Å². The molecule has 0 spiro atoms. The van der Waals surface area contributed by atoms with Gasteiger partial charge in [-0.25, -0.2) is 0 Å². The van der Waals surface area contributed by atoms with E-state index in [1.165, 1.54) is 170 Å². The van der Waals surface area contributed by atoms with Crippen LogP contribution in [0.25, 0.3) is 39.0 Å². The Hall–Kier alpha value is -8.20. The van der Waals surface area contributed by atoms with Gasteiger partial charge in [-0.3, -0.25) is 0 Å². The summed E-state index contributed by atoms with van der Waals surface area (Å²) in [5, 5.41) is 0. The Morgan fingerprint density at radius 3 is 1.31 bits per heavy atom. The maximum Gasteiger partial charge on any atom is 0.0464 e. The molecule has 0 fully saturated rings. The van der Waals surface area contributed by atoms with Crippen LogP contribution in [0.5, 0.6) is 0 Å².